The summed E-state index contributed by atoms with van der Waals surface area (Å²) in [5.41, 5.74) is 0.968. The molecule has 1 saturated heterocycles. The molecule has 1 aliphatic heterocycles. The van der Waals surface area contributed by atoms with Gasteiger partial charge in [-0.15, -0.1) is 0 Å². The maximum absolute atomic E-state index is 13.2. The Morgan fingerprint density at radius 1 is 1.30 bits per heavy atom. The average Bonchev–Trinajstić information content (AvgIpc) is 2.37. The lowest BCUT2D eigenvalue weighted by Crippen LogP contribution is -2.38. The van der Waals surface area contributed by atoms with E-state index in [-0.39, 0.29) is 11.0 Å². The van der Waals surface area contributed by atoms with E-state index in [4.69, 9.17) is 0 Å². The number of carbonyl (C=O) groups is 1. The van der Waals surface area contributed by atoms with Gasteiger partial charge in [0.05, 0.1) is 11.3 Å². The van der Waals surface area contributed by atoms with E-state index in [2.05, 4.69) is 25.7 Å². The van der Waals surface area contributed by atoms with Crippen molar-refractivity contribution in [2.45, 2.75) is 33.6 Å². The van der Waals surface area contributed by atoms with Crippen LogP contribution in [0.15, 0.2) is 18.2 Å². The monoisotopic (exact) mass is 279 g/mol. The Bertz CT molecular complexity index is 500. The van der Waals surface area contributed by atoms with Gasteiger partial charge >= 0.3 is 5.97 Å². The number of piperidine rings is 1. The summed E-state index contributed by atoms with van der Waals surface area (Å²) in [7, 11) is 0. The third kappa shape index (κ3) is 3.11. The van der Waals surface area contributed by atoms with Crippen LogP contribution in [0.4, 0.5) is 10.1 Å². The largest absolute Gasteiger partial charge is 0.478 e. The minimum Gasteiger partial charge on any atom is -0.478 e. The van der Waals surface area contributed by atoms with Gasteiger partial charge in [-0.3, -0.25) is 0 Å². The van der Waals surface area contributed by atoms with E-state index < -0.39 is 11.8 Å². The van der Waals surface area contributed by atoms with Crippen LogP contribution in [-0.2, 0) is 0 Å². The molecule has 0 radical (unpaired) electrons. The zero-order chi connectivity index (χ0) is 14.9. The number of benzene rings is 1. The van der Waals surface area contributed by atoms with E-state index in [0.717, 1.165) is 32.0 Å². The third-order valence-corrected chi connectivity index (χ3v) is 4.25. The van der Waals surface area contributed by atoms with Crippen molar-refractivity contribution in [3.05, 3.63) is 29.6 Å². The van der Waals surface area contributed by atoms with Crippen molar-refractivity contribution < 1.29 is 14.3 Å². The highest BCUT2D eigenvalue weighted by molar-refractivity contribution is 5.94. The molecule has 0 atom stereocenters. The molecule has 1 heterocycles. The van der Waals surface area contributed by atoms with Crippen LogP contribution in [0.3, 0.4) is 0 Å². The van der Waals surface area contributed by atoms with Crippen LogP contribution >= 0.6 is 0 Å². The molecule has 0 saturated carbocycles. The predicted octanol–water partition coefficient (Wildman–Crippen LogP) is 3.79. The number of rotatable bonds is 2. The van der Waals surface area contributed by atoms with E-state index in [9.17, 15) is 14.3 Å². The SMILES string of the molecule is CC(C)(C)C1CCN(c2ccc(F)cc2C(=O)O)CC1. The first kappa shape index (κ1) is 14.8. The Hall–Kier alpha value is -1.58. The van der Waals surface area contributed by atoms with Crippen molar-refractivity contribution in [1.82, 2.24) is 0 Å². The zero-order valence-electron chi connectivity index (χ0n) is 12.3. The van der Waals surface area contributed by atoms with Gasteiger partial charge in [-0.05, 0) is 42.4 Å². The van der Waals surface area contributed by atoms with Gasteiger partial charge in [0.1, 0.15) is 5.82 Å². The number of hydrogen-bond donors (Lipinski definition) is 1. The second kappa shape index (κ2) is 5.43. The summed E-state index contributed by atoms with van der Waals surface area (Å²) in [5, 5.41) is 9.21. The summed E-state index contributed by atoms with van der Waals surface area (Å²) < 4.78 is 13.2. The summed E-state index contributed by atoms with van der Waals surface area (Å²) in [4.78, 5) is 13.3. The molecule has 0 unspecified atom stereocenters. The van der Waals surface area contributed by atoms with E-state index >= 15 is 0 Å². The van der Waals surface area contributed by atoms with Crippen molar-refractivity contribution in [3.8, 4) is 0 Å². The van der Waals surface area contributed by atoms with E-state index in [0.29, 0.717) is 11.6 Å². The lowest BCUT2D eigenvalue weighted by atomic mass is 9.75. The molecule has 0 bridgehead atoms. The lowest BCUT2D eigenvalue weighted by Gasteiger charge is -2.40. The van der Waals surface area contributed by atoms with Gasteiger partial charge in [0.15, 0.2) is 0 Å². The van der Waals surface area contributed by atoms with Crippen molar-refractivity contribution >= 4 is 11.7 Å². The average molecular weight is 279 g/mol. The molecule has 1 fully saturated rings. The van der Waals surface area contributed by atoms with Crippen molar-refractivity contribution in [1.29, 1.82) is 0 Å². The van der Waals surface area contributed by atoms with Crippen LogP contribution in [-0.4, -0.2) is 24.2 Å². The Labute approximate surface area is 119 Å². The highest BCUT2D eigenvalue weighted by Gasteiger charge is 2.30. The summed E-state index contributed by atoms with van der Waals surface area (Å²) in [5.74, 6) is -0.930. The van der Waals surface area contributed by atoms with Gasteiger partial charge in [-0.1, -0.05) is 20.8 Å². The highest BCUT2D eigenvalue weighted by atomic mass is 19.1. The molecule has 110 valence electrons. The summed E-state index contributed by atoms with van der Waals surface area (Å²) in [6, 6.07) is 4.02. The van der Waals surface area contributed by atoms with Crippen molar-refractivity contribution in [2.75, 3.05) is 18.0 Å². The van der Waals surface area contributed by atoms with Crippen molar-refractivity contribution in [3.63, 3.8) is 0 Å². The molecule has 0 spiro atoms. The second-order valence-corrected chi connectivity index (χ2v) is 6.59. The molecule has 0 amide bonds. The zero-order valence-corrected chi connectivity index (χ0v) is 12.3. The number of nitrogens with zero attached hydrogens (tertiary/aromatic N) is 1. The van der Waals surface area contributed by atoms with Crippen LogP contribution in [0.25, 0.3) is 0 Å². The number of aromatic carboxylic acids is 1. The molecule has 4 heteroatoms. The van der Waals surface area contributed by atoms with E-state index in [1.165, 1.54) is 6.07 Å². The number of carboxylic acids is 1. The highest BCUT2D eigenvalue weighted by Crippen LogP contribution is 2.36. The fraction of sp³-hybridized carbons (Fsp3) is 0.562. The van der Waals surface area contributed by atoms with Crippen LogP contribution in [0.1, 0.15) is 44.0 Å². The molecule has 0 aromatic heterocycles. The summed E-state index contributed by atoms with van der Waals surface area (Å²) >= 11 is 0. The minimum absolute atomic E-state index is 0.0548. The van der Waals surface area contributed by atoms with E-state index in [1.807, 2.05) is 0 Å². The molecule has 1 aromatic rings. The number of hydrogen-bond acceptors (Lipinski definition) is 2. The van der Waals surface area contributed by atoms with Gasteiger partial charge in [-0.2, -0.15) is 0 Å². The molecule has 1 N–H and O–H groups in total. The summed E-state index contributed by atoms with van der Waals surface area (Å²) in [6.45, 7) is 8.39. The number of halogens is 1. The second-order valence-electron chi connectivity index (χ2n) is 6.59. The number of anilines is 1. The molecule has 0 aliphatic carbocycles. The fourth-order valence-corrected chi connectivity index (χ4v) is 2.94. The first-order valence-electron chi connectivity index (χ1n) is 7.07. The van der Waals surface area contributed by atoms with Crippen LogP contribution in [0.2, 0.25) is 0 Å². The first-order valence-corrected chi connectivity index (χ1v) is 7.07. The quantitative estimate of drug-likeness (QED) is 0.895. The molecular formula is C16H22FNO2. The molecule has 3 nitrogen and oxygen atoms in total. The summed E-state index contributed by atoms with van der Waals surface area (Å²) in [6.07, 6.45) is 2.08. The van der Waals surface area contributed by atoms with Crippen LogP contribution in [0, 0.1) is 17.2 Å². The molecule has 1 aliphatic rings. The Morgan fingerprint density at radius 3 is 2.40 bits per heavy atom. The van der Waals surface area contributed by atoms with Gasteiger partial charge in [0.25, 0.3) is 0 Å². The Morgan fingerprint density at radius 2 is 1.90 bits per heavy atom. The van der Waals surface area contributed by atoms with Gasteiger partial charge in [-0.25, -0.2) is 9.18 Å². The first-order chi connectivity index (χ1) is 9.29. The molecule has 2 rings (SSSR count). The predicted molar refractivity (Wildman–Crippen MR) is 77.8 cm³/mol. The maximum atomic E-state index is 13.2. The van der Waals surface area contributed by atoms with Crippen LogP contribution < -0.4 is 4.90 Å². The number of carboxylic acid groups (broad SMARTS) is 1. The van der Waals surface area contributed by atoms with Gasteiger partial charge in [0, 0.05) is 13.1 Å². The normalized spacial score (nSPS) is 17.3. The van der Waals surface area contributed by atoms with Crippen molar-refractivity contribution in [2.24, 2.45) is 11.3 Å². The third-order valence-electron chi connectivity index (χ3n) is 4.25. The molecule has 20 heavy (non-hydrogen) atoms. The molecular weight excluding hydrogens is 257 g/mol. The standard InChI is InChI=1S/C16H22FNO2/c1-16(2,3)11-6-8-18(9-7-11)14-5-4-12(17)10-13(14)15(19)20/h4-5,10-11H,6-9H2,1-3H3,(H,19,20). The fourth-order valence-electron chi connectivity index (χ4n) is 2.94. The van der Waals surface area contributed by atoms with Gasteiger partial charge in [0.2, 0.25) is 0 Å². The Balaban J connectivity index is 2.17. The lowest BCUT2D eigenvalue weighted by molar-refractivity contribution is 0.0696. The molecule has 1 aromatic carbocycles. The maximum Gasteiger partial charge on any atom is 0.337 e. The van der Waals surface area contributed by atoms with Gasteiger partial charge < -0.3 is 10.0 Å². The van der Waals surface area contributed by atoms with Crippen LogP contribution in [0.5, 0.6) is 0 Å². The Kier molecular flexibility index (Phi) is 4.02. The smallest absolute Gasteiger partial charge is 0.337 e. The minimum atomic E-state index is -1.07. The topological polar surface area (TPSA) is 40.5 Å². The van der Waals surface area contributed by atoms with E-state index in [1.54, 1.807) is 6.07 Å².